The van der Waals surface area contributed by atoms with Gasteiger partial charge in [-0.1, -0.05) is 0 Å². The first-order valence-corrected chi connectivity index (χ1v) is 3.98. The Balaban J connectivity index is 2.66. The average molecular weight is 197 g/mol. The van der Waals surface area contributed by atoms with Crippen LogP contribution >= 0.6 is 23.2 Å². The fraction of sp³-hybridized carbons (Fsp3) is 0.667. The van der Waals surface area contributed by atoms with Crippen molar-refractivity contribution >= 4 is 35.1 Å². The van der Waals surface area contributed by atoms with E-state index in [2.05, 4.69) is 4.74 Å². The van der Waals surface area contributed by atoms with E-state index in [1.54, 1.807) is 0 Å². The van der Waals surface area contributed by atoms with Gasteiger partial charge in [-0.2, -0.15) is 0 Å². The lowest BCUT2D eigenvalue weighted by atomic mass is 10.2. The maximum Gasteiger partial charge on any atom is 0.314 e. The van der Waals surface area contributed by atoms with E-state index in [1.807, 2.05) is 0 Å². The minimum Gasteiger partial charge on any atom is -0.393 e. The molecule has 2 atom stereocenters. The molecule has 1 heterocycles. The van der Waals surface area contributed by atoms with Crippen LogP contribution in [0.1, 0.15) is 12.8 Å². The summed E-state index contributed by atoms with van der Waals surface area (Å²) in [4.78, 5) is 21.3. The van der Waals surface area contributed by atoms with Crippen molar-refractivity contribution < 1.29 is 14.3 Å². The first kappa shape index (κ1) is 8.81. The number of alkyl halides is 2. The summed E-state index contributed by atoms with van der Waals surface area (Å²) in [6, 6.07) is 0. The lowest BCUT2D eigenvalue weighted by molar-refractivity contribution is -0.158. The van der Waals surface area contributed by atoms with Gasteiger partial charge >= 0.3 is 11.9 Å². The van der Waals surface area contributed by atoms with Crippen molar-refractivity contribution in [3.8, 4) is 0 Å². The molecule has 5 heteroatoms. The third-order valence-corrected chi connectivity index (χ3v) is 2.39. The van der Waals surface area contributed by atoms with Crippen LogP contribution in [-0.2, 0) is 14.3 Å². The average Bonchev–Trinajstić information content (AvgIpc) is 1.93. The van der Waals surface area contributed by atoms with Gasteiger partial charge in [-0.15, -0.1) is 23.2 Å². The number of cyclic esters (lactones) is 2. The highest BCUT2D eigenvalue weighted by Gasteiger charge is 2.29. The standard InChI is InChI=1S/C6H6Cl2O3/c7-3-1-5(9)11-6(10)2-4(3)8/h3-4H,1-2H2. The summed E-state index contributed by atoms with van der Waals surface area (Å²) in [7, 11) is 0. The summed E-state index contributed by atoms with van der Waals surface area (Å²) in [6.45, 7) is 0. The van der Waals surface area contributed by atoms with Gasteiger partial charge < -0.3 is 4.74 Å². The summed E-state index contributed by atoms with van der Waals surface area (Å²) in [5.74, 6) is -1.20. The zero-order valence-corrected chi connectivity index (χ0v) is 7.06. The quantitative estimate of drug-likeness (QED) is 0.331. The molecule has 0 saturated carbocycles. The Morgan fingerprint density at radius 2 is 1.45 bits per heavy atom. The van der Waals surface area contributed by atoms with E-state index in [0.717, 1.165) is 0 Å². The van der Waals surface area contributed by atoms with Crippen molar-refractivity contribution in [1.29, 1.82) is 0 Å². The number of esters is 2. The van der Waals surface area contributed by atoms with Crippen LogP contribution in [0, 0.1) is 0 Å². The molecule has 0 aromatic carbocycles. The molecular formula is C6H6Cl2O3. The highest BCUT2D eigenvalue weighted by atomic mass is 35.5. The molecule has 0 aromatic rings. The lowest BCUT2D eigenvalue weighted by Crippen LogP contribution is -2.15. The topological polar surface area (TPSA) is 43.4 Å². The second kappa shape index (κ2) is 3.41. The summed E-state index contributed by atoms with van der Waals surface area (Å²) in [5.41, 5.74) is 0. The van der Waals surface area contributed by atoms with E-state index in [9.17, 15) is 9.59 Å². The maximum absolute atomic E-state index is 10.7. The van der Waals surface area contributed by atoms with Gasteiger partial charge in [0.05, 0.1) is 23.6 Å². The summed E-state index contributed by atoms with van der Waals surface area (Å²) in [6.07, 6.45) is 0.00290. The van der Waals surface area contributed by atoms with Gasteiger partial charge in [-0.05, 0) is 0 Å². The van der Waals surface area contributed by atoms with E-state index in [0.29, 0.717) is 0 Å². The van der Waals surface area contributed by atoms with Crippen molar-refractivity contribution in [2.24, 2.45) is 0 Å². The minimum atomic E-state index is -0.599. The van der Waals surface area contributed by atoms with E-state index >= 15 is 0 Å². The van der Waals surface area contributed by atoms with Gasteiger partial charge in [-0.25, -0.2) is 0 Å². The molecule has 1 aliphatic rings. The van der Waals surface area contributed by atoms with Crippen molar-refractivity contribution in [3.63, 3.8) is 0 Å². The second-order valence-corrected chi connectivity index (χ2v) is 3.41. The van der Waals surface area contributed by atoms with Crippen LogP contribution in [0.15, 0.2) is 0 Å². The largest absolute Gasteiger partial charge is 0.393 e. The van der Waals surface area contributed by atoms with Gasteiger partial charge in [-0.3, -0.25) is 9.59 Å². The molecule has 0 spiro atoms. The van der Waals surface area contributed by atoms with Gasteiger partial charge in [0.25, 0.3) is 0 Å². The van der Waals surface area contributed by atoms with Crippen molar-refractivity contribution in [2.75, 3.05) is 0 Å². The molecule has 0 bridgehead atoms. The van der Waals surface area contributed by atoms with Crippen molar-refractivity contribution in [3.05, 3.63) is 0 Å². The number of halogens is 2. The van der Waals surface area contributed by atoms with Crippen LogP contribution in [0.5, 0.6) is 0 Å². The molecular weight excluding hydrogens is 191 g/mol. The fourth-order valence-corrected chi connectivity index (χ4v) is 1.21. The number of carbonyl (C=O) groups excluding carboxylic acids is 2. The predicted octanol–water partition coefficient (Wildman–Crippen LogP) is 1.06. The molecule has 3 nitrogen and oxygen atoms in total. The lowest BCUT2D eigenvalue weighted by Gasteiger charge is -2.06. The molecule has 0 radical (unpaired) electrons. The van der Waals surface area contributed by atoms with E-state index in [1.165, 1.54) is 0 Å². The Bertz CT molecular complexity index is 172. The molecule has 1 aliphatic heterocycles. The third kappa shape index (κ3) is 2.34. The van der Waals surface area contributed by atoms with Crippen molar-refractivity contribution in [1.82, 2.24) is 0 Å². The highest BCUT2D eigenvalue weighted by Crippen LogP contribution is 2.21. The Labute approximate surface area is 73.6 Å². The maximum atomic E-state index is 10.7. The SMILES string of the molecule is O=C1CC(Cl)C(Cl)CC(=O)O1. The monoisotopic (exact) mass is 196 g/mol. The third-order valence-electron chi connectivity index (χ3n) is 1.34. The van der Waals surface area contributed by atoms with E-state index < -0.39 is 22.7 Å². The number of hydrogen-bond donors (Lipinski definition) is 0. The second-order valence-electron chi connectivity index (χ2n) is 2.29. The van der Waals surface area contributed by atoms with E-state index in [4.69, 9.17) is 23.2 Å². The Kier molecular flexibility index (Phi) is 2.73. The minimum absolute atomic E-state index is 0.00145. The van der Waals surface area contributed by atoms with Gasteiger partial charge in [0.2, 0.25) is 0 Å². The van der Waals surface area contributed by atoms with Gasteiger partial charge in [0.1, 0.15) is 0 Å². The number of carbonyl (C=O) groups is 2. The van der Waals surface area contributed by atoms with Crippen LogP contribution in [0.3, 0.4) is 0 Å². The normalized spacial score (nSPS) is 32.9. The molecule has 1 saturated heterocycles. The summed E-state index contributed by atoms with van der Waals surface area (Å²) < 4.78 is 4.31. The molecule has 1 fully saturated rings. The zero-order valence-electron chi connectivity index (χ0n) is 5.55. The molecule has 62 valence electrons. The van der Waals surface area contributed by atoms with Gasteiger partial charge in [0, 0.05) is 0 Å². The van der Waals surface area contributed by atoms with Crippen molar-refractivity contribution in [2.45, 2.75) is 23.6 Å². The van der Waals surface area contributed by atoms with Crippen LogP contribution < -0.4 is 0 Å². The summed E-state index contributed by atoms with van der Waals surface area (Å²) >= 11 is 11.3. The Hall–Kier alpha value is -0.280. The first-order chi connectivity index (χ1) is 5.09. The van der Waals surface area contributed by atoms with Crippen LogP contribution in [-0.4, -0.2) is 22.7 Å². The van der Waals surface area contributed by atoms with Crippen LogP contribution in [0.2, 0.25) is 0 Å². The van der Waals surface area contributed by atoms with Gasteiger partial charge in [0.15, 0.2) is 0 Å². The summed E-state index contributed by atoms with van der Waals surface area (Å²) in [5, 5.41) is -1.01. The number of ether oxygens (including phenoxy) is 1. The number of rotatable bonds is 0. The molecule has 1 rings (SSSR count). The molecule has 0 aromatic heterocycles. The Morgan fingerprint density at radius 3 is 1.82 bits per heavy atom. The van der Waals surface area contributed by atoms with E-state index in [-0.39, 0.29) is 12.8 Å². The predicted molar refractivity (Wildman–Crippen MR) is 39.6 cm³/mol. The molecule has 11 heavy (non-hydrogen) atoms. The first-order valence-electron chi connectivity index (χ1n) is 3.11. The number of hydrogen-bond acceptors (Lipinski definition) is 3. The Morgan fingerprint density at radius 1 is 1.09 bits per heavy atom. The van der Waals surface area contributed by atoms with Crippen LogP contribution in [0.4, 0.5) is 0 Å². The smallest absolute Gasteiger partial charge is 0.314 e. The molecule has 0 N–H and O–H groups in total. The fourth-order valence-electron chi connectivity index (χ4n) is 0.784. The zero-order chi connectivity index (χ0) is 8.43. The molecule has 0 aliphatic carbocycles. The highest BCUT2D eigenvalue weighted by molar-refractivity contribution is 6.31. The van der Waals surface area contributed by atoms with Crippen LogP contribution in [0.25, 0.3) is 0 Å². The molecule has 0 amide bonds. The molecule has 2 unspecified atom stereocenters.